The molecule has 106 valence electrons. The normalized spacial score (nSPS) is 11.1. The first kappa shape index (κ1) is 12.7. The standard InChI is InChI=1S/C19H15N3/c20-16-9-8-12(11-17(16)21)14-5-3-7-19-15(14)10-13-4-1-2-6-18(13)22-19/h1-11H,20-21H2. The average molecular weight is 285 g/mol. The van der Waals surface area contributed by atoms with Crippen LogP contribution < -0.4 is 11.5 Å². The molecular weight excluding hydrogens is 270 g/mol. The number of hydrogen-bond donors (Lipinski definition) is 2. The molecule has 0 atom stereocenters. The van der Waals surface area contributed by atoms with Gasteiger partial charge >= 0.3 is 0 Å². The number of nitrogen functional groups attached to an aromatic ring is 2. The molecule has 0 saturated heterocycles. The Kier molecular flexibility index (Phi) is 2.73. The summed E-state index contributed by atoms with van der Waals surface area (Å²) in [6.45, 7) is 0. The van der Waals surface area contributed by atoms with E-state index in [1.807, 2.05) is 48.5 Å². The highest BCUT2D eigenvalue weighted by atomic mass is 14.7. The van der Waals surface area contributed by atoms with Gasteiger partial charge in [-0.3, -0.25) is 0 Å². The molecule has 3 aromatic carbocycles. The number of rotatable bonds is 1. The number of para-hydroxylation sites is 1. The summed E-state index contributed by atoms with van der Waals surface area (Å²) in [5.41, 5.74) is 17.1. The van der Waals surface area contributed by atoms with Gasteiger partial charge in [0, 0.05) is 10.8 Å². The van der Waals surface area contributed by atoms with Crippen LogP contribution in [0, 0.1) is 0 Å². The maximum Gasteiger partial charge on any atom is 0.0715 e. The van der Waals surface area contributed by atoms with Crippen molar-refractivity contribution in [2.75, 3.05) is 11.5 Å². The summed E-state index contributed by atoms with van der Waals surface area (Å²) in [6.07, 6.45) is 0. The van der Waals surface area contributed by atoms with E-state index in [0.717, 1.165) is 32.9 Å². The monoisotopic (exact) mass is 285 g/mol. The number of nitrogens with two attached hydrogens (primary N) is 2. The van der Waals surface area contributed by atoms with Gasteiger partial charge in [0.15, 0.2) is 0 Å². The average Bonchev–Trinajstić information content (AvgIpc) is 2.55. The van der Waals surface area contributed by atoms with E-state index in [-0.39, 0.29) is 0 Å². The fraction of sp³-hybridized carbons (Fsp3) is 0. The predicted molar refractivity (Wildman–Crippen MR) is 93.5 cm³/mol. The van der Waals surface area contributed by atoms with Crippen molar-refractivity contribution in [1.29, 1.82) is 0 Å². The van der Waals surface area contributed by atoms with Gasteiger partial charge < -0.3 is 11.5 Å². The summed E-state index contributed by atoms with van der Waals surface area (Å²) in [5, 5.41) is 2.25. The number of pyridine rings is 1. The highest BCUT2D eigenvalue weighted by Gasteiger charge is 2.07. The SMILES string of the molecule is Nc1ccc(-c2cccc3nc4ccccc4cc23)cc1N. The molecule has 0 aliphatic rings. The van der Waals surface area contributed by atoms with Crippen molar-refractivity contribution in [1.82, 2.24) is 4.98 Å². The van der Waals surface area contributed by atoms with Gasteiger partial charge in [0.2, 0.25) is 0 Å². The lowest BCUT2D eigenvalue weighted by atomic mass is 9.98. The van der Waals surface area contributed by atoms with Crippen LogP contribution in [-0.4, -0.2) is 4.98 Å². The fourth-order valence-electron chi connectivity index (χ4n) is 2.79. The minimum Gasteiger partial charge on any atom is -0.397 e. The maximum absolute atomic E-state index is 5.95. The third-order valence-corrected chi connectivity index (χ3v) is 3.96. The van der Waals surface area contributed by atoms with Crippen LogP contribution in [0.3, 0.4) is 0 Å². The first-order valence-electron chi connectivity index (χ1n) is 7.16. The summed E-state index contributed by atoms with van der Waals surface area (Å²) in [5.74, 6) is 0. The van der Waals surface area contributed by atoms with Crippen molar-refractivity contribution in [3.05, 3.63) is 66.7 Å². The second-order valence-corrected chi connectivity index (χ2v) is 5.40. The van der Waals surface area contributed by atoms with Crippen LogP contribution in [0.25, 0.3) is 32.9 Å². The number of fused-ring (bicyclic) bond motifs is 2. The van der Waals surface area contributed by atoms with E-state index in [9.17, 15) is 0 Å². The zero-order valence-electron chi connectivity index (χ0n) is 12.0. The van der Waals surface area contributed by atoms with Crippen LogP contribution in [0.15, 0.2) is 66.7 Å². The van der Waals surface area contributed by atoms with Crippen molar-refractivity contribution in [3.8, 4) is 11.1 Å². The minimum absolute atomic E-state index is 0.600. The quantitative estimate of drug-likeness (QED) is 0.406. The molecule has 0 unspecified atom stereocenters. The van der Waals surface area contributed by atoms with Gasteiger partial charge in [-0.2, -0.15) is 0 Å². The topological polar surface area (TPSA) is 64.9 Å². The molecule has 0 radical (unpaired) electrons. The molecule has 4 N–H and O–H groups in total. The van der Waals surface area contributed by atoms with Crippen LogP contribution >= 0.6 is 0 Å². The fourth-order valence-corrected chi connectivity index (χ4v) is 2.79. The van der Waals surface area contributed by atoms with Crippen molar-refractivity contribution in [2.45, 2.75) is 0 Å². The maximum atomic E-state index is 5.95. The van der Waals surface area contributed by atoms with Crippen LogP contribution in [0.2, 0.25) is 0 Å². The Bertz CT molecular complexity index is 1010. The molecule has 4 aromatic rings. The Morgan fingerprint density at radius 3 is 2.36 bits per heavy atom. The summed E-state index contributed by atoms with van der Waals surface area (Å²) < 4.78 is 0. The van der Waals surface area contributed by atoms with Crippen molar-refractivity contribution in [3.63, 3.8) is 0 Å². The van der Waals surface area contributed by atoms with Crippen LogP contribution in [-0.2, 0) is 0 Å². The molecule has 3 nitrogen and oxygen atoms in total. The number of aromatic nitrogens is 1. The molecule has 0 fully saturated rings. The van der Waals surface area contributed by atoms with Gasteiger partial charge in [-0.25, -0.2) is 4.98 Å². The van der Waals surface area contributed by atoms with E-state index in [1.54, 1.807) is 0 Å². The third kappa shape index (κ3) is 1.95. The van der Waals surface area contributed by atoms with Gasteiger partial charge in [-0.15, -0.1) is 0 Å². The molecule has 0 aliphatic heterocycles. The third-order valence-electron chi connectivity index (χ3n) is 3.96. The lowest BCUT2D eigenvalue weighted by molar-refractivity contribution is 1.49. The summed E-state index contributed by atoms with van der Waals surface area (Å²) in [6, 6.07) is 22.2. The molecule has 1 heterocycles. The highest BCUT2D eigenvalue weighted by Crippen LogP contribution is 2.32. The highest BCUT2D eigenvalue weighted by molar-refractivity contribution is 6.01. The number of nitrogens with zero attached hydrogens (tertiary/aromatic N) is 1. The van der Waals surface area contributed by atoms with Crippen molar-refractivity contribution >= 4 is 33.2 Å². The molecule has 0 aliphatic carbocycles. The first-order valence-corrected chi connectivity index (χ1v) is 7.16. The molecular formula is C19H15N3. The summed E-state index contributed by atoms with van der Waals surface area (Å²) in [4.78, 5) is 4.75. The Labute approximate surface area is 128 Å². The van der Waals surface area contributed by atoms with E-state index in [4.69, 9.17) is 16.5 Å². The molecule has 3 heteroatoms. The smallest absolute Gasteiger partial charge is 0.0715 e. The van der Waals surface area contributed by atoms with E-state index in [1.165, 1.54) is 0 Å². The van der Waals surface area contributed by atoms with Gasteiger partial charge in [0.05, 0.1) is 22.4 Å². The number of hydrogen-bond acceptors (Lipinski definition) is 3. The molecule has 0 amide bonds. The minimum atomic E-state index is 0.600. The predicted octanol–water partition coefficient (Wildman–Crippen LogP) is 4.22. The first-order chi connectivity index (χ1) is 10.7. The van der Waals surface area contributed by atoms with Gasteiger partial charge in [0.25, 0.3) is 0 Å². The summed E-state index contributed by atoms with van der Waals surface area (Å²) >= 11 is 0. The van der Waals surface area contributed by atoms with E-state index in [2.05, 4.69) is 18.2 Å². The van der Waals surface area contributed by atoms with Gasteiger partial charge in [-0.05, 0) is 41.5 Å². The van der Waals surface area contributed by atoms with Crippen LogP contribution in [0.1, 0.15) is 0 Å². The van der Waals surface area contributed by atoms with Crippen molar-refractivity contribution < 1.29 is 0 Å². The molecule has 0 bridgehead atoms. The summed E-state index contributed by atoms with van der Waals surface area (Å²) in [7, 11) is 0. The molecule has 0 spiro atoms. The molecule has 4 rings (SSSR count). The largest absolute Gasteiger partial charge is 0.397 e. The second kappa shape index (κ2) is 4.74. The Balaban J connectivity index is 2.04. The van der Waals surface area contributed by atoms with E-state index >= 15 is 0 Å². The Morgan fingerprint density at radius 2 is 1.50 bits per heavy atom. The lowest BCUT2D eigenvalue weighted by Gasteiger charge is -2.09. The van der Waals surface area contributed by atoms with E-state index < -0.39 is 0 Å². The van der Waals surface area contributed by atoms with E-state index in [0.29, 0.717) is 11.4 Å². The molecule has 0 saturated carbocycles. The Morgan fingerprint density at radius 1 is 0.682 bits per heavy atom. The van der Waals surface area contributed by atoms with Crippen molar-refractivity contribution in [2.24, 2.45) is 0 Å². The zero-order valence-corrected chi connectivity index (χ0v) is 12.0. The van der Waals surface area contributed by atoms with Crippen LogP contribution in [0.4, 0.5) is 11.4 Å². The number of anilines is 2. The van der Waals surface area contributed by atoms with Crippen LogP contribution in [0.5, 0.6) is 0 Å². The zero-order chi connectivity index (χ0) is 15.1. The second-order valence-electron chi connectivity index (χ2n) is 5.40. The number of benzene rings is 3. The Hall–Kier alpha value is -3.07. The van der Waals surface area contributed by atoms with Gasteiger partial charge in [0.1, 0.15) is 0 Å². The lowest BCUT2D eigenvalue weighted by Crippen LogP contribution is -1.94. The molecule has 1 aromatic heterocycles. The molecule has 22 heavy (non-hydrogen) atoms. The van der Waals surface area contributed by atoms with Gasteiger partial charge in [-0.1, -0.05) is 36.4 Å².